The molecule has 0 aliphatic carbocycles. The molecule has 0 spiro atoms. The Hall–Kier alpha value is -4.48. The Labute approximate surface area is 267 Å². The maximum atomic E-state index is 14.8. The van der Waals surface area contributed by atoms with Crippen molar-refractivity contribution in [2.75, 3.05) is 0 Å². The summed E-state index contributed by atoms with van der Waals surface area (Å²) >= 11 is 12.0. The summed E-state index contributed by atoms with van der Waals surface area (Å²) in [5.74, 6) is -16.4. The lowest BCUT2D eigenvalue weighted by Gasteiger charge is -2.36. The molecule has 1 aromatic heterocycles. The van der Waals surface area contributed by atoms with Gasteiger partial charge in [-0.1, -0.05) is 65.7 Å². The quantitative estimate of drug-likeness (QED) is 0.0617. The van der Waals surface area contributed by atoms with Crippen molar-refractivity contribution in [3.05, 3.63) is 135 Å². The monoisotopic (exact) mass is 676 g/mol. The summed E-state index contributed by atoms with van der Waals surface area (Å²) in [5.41, 5.74) is -0.333. The van der Waals surface area contributed by atoms with Gasteiger partial charge in [-0.15, -0.1) is 0 Å². The zero-order chi connectivity index (χ0) is 32.9. The number of ether oxygens (including phenoxy) is 1. The van der Waals surface area contributed by atoms with Crippen LogP contribution in [0.2, 0.25) is 10.0 Å². The van der Waals surface area contributed by atoms with Gasteiger partial charge in [0.05, 0.1) is 11.1 Å². The highest BCUT2D eigenvalue weighted by molar-refractivity contribution is 6.31. The lowest BCUT2D eigenvalue weighted by molar-refractivity contribution is -0.148. The van der Waals surface area contributed by atoms with E-state index in [1.165, 1.54) is 23.2 Å². The van der Waals surface area contributed by atoms with Gasteiger partial charge in [-0.05, 0) is 41.8 Å². The number of amides is 1. The second kappa shape index (κ2) is 12.0. The fourth-order valence-corrected chi connectivity index (χ4v) is 6.27. The van der Waals surface area contributed by atoms with Crippen molar-refractivity contribution in [3.8, 4) is 5.75 Å². The van der Waals surface area contributed by atoms with E-state index in [0.29, 0.717) is 32.6 Å². The fraction of sp³-hybridized carbons (Fsp3) is 0.152. The van der Waals surface area contributed by atoms with Crippen LogP contribution in [0.25, 0.3) is 10.9 Å². The van der Waals surface area contributed by atoms with E-state index in [2.05, 4.69) is 4.98 Å². The van der Waals surface area contributed by atoms with Crippen LogP contribution in [0.1, 0.15) is 29.2 Å². The molecule has 1 amide bonds. The first-order valence-corrected chi connectivity index (χ1v) is 14.4. The third kappa shape index (κ3) is 5.37. The highest BCUT2D eigenvalue weighted by atomic mass is 35.5. The number of hydrogen-bond acceptors (Lipinski definition) is 3. The van der Waals surface area contributed by atoms with E-state index in [4.69, 9.17) is 27.9 Å². The molecule has 0 bridgehead atoms. The van der Waals surface area contributed by atoms with Crippen molar-refractivity contribution in [1.82, 2.24) is 9.88 Å². The van der Waals surface area contributed by atoms with Gasteiger partial charge < -0.3 is 14.6 Å². The van der Waals surface area contributed by atoms with E-state index in [1.807, 2.05) is 0 Å². The van der Waals surface area contributed by atoms with E-state index in [0.717, 1.165) is 6.07 Å². The zero-order valence-electron chi connectivity index (χ0n) is 23.3. The number of hydrogen-bond donors (Lipinski definition) is 1. The van der Waals surface area contributed by atoms with Gasteiger partial charge in [0.1, 0.15) is 11.2 Å². The molecule has 1 aliphatic rings. The number of H-pyrrole nitrogens is 1. The number of carbonyl (C=O) groups excluding carboxylic acids is 2. The van der Waals surface area contributed by atoms with Gasteiger partial charge in [0.25, 0.3) is 0 Å². The third-order valence-electron chi connectivity index (χ3n) is 8.06. The number of halogens is 8. The molecule has 236 valence electrons. The van der Waals surface area contributed by atoms with Crippen molar-refractivity contribution in [2.45, 2.75) is 25.4 Å². The van der Waals surface area contributed by atoms with Crippen LogP contribution in [0.15, 0.2) is 72.9 Å². The first kappa shape index (κ1) is 31.5. The minimum absolute atomic E-state index is 0.161. The maximum absolute atomic E-state index is 14.8. The summed E-state index contributed by atoms with van der Waals surface area (Å²) in [5, 5.41) is 0.724. The molecule has 6 rings (SSSR count). The van der Waals surface area contributed by atoms with E-state index in [9.17, 15) is 35.9 Å². The van der Waals surface area contributed by atoms with Gasteiger partial charge in [-0.25, -0.2) is 17.6 Å². The number of fused-ring (bicyclic) bond motifs is 1. The number of nitrogens with zero attached hydrogens (tertiary/aromatic N) is 1. The third-order valence-corrected chi connectivity index (χ3v) is 8.60. The Kier molecular flexibility index (Phi) is 8.24. The second-order valence-corrected chi connectivity index (χ2v) is 11.7. The molecular weight excluding hydrogens is 657 g/mol. The molecule has 13 heteroatoms. The predicted molar refractivity (Wildman–Crippen MR) is 157 cm³/mol. The van der Waals surface area contributed by atoms with E-state index in [1.54, 1.807) is 48.5 Å². The summed E-state index contributed by atoms with van der Waals surface area (Å²) in [6.45, 7) is -0.246. The number of rotatable bonds is 7. The molecule has 2 heterocycles. The Balaban J connectivity index is 1.56. The zero-order valence-corrected chi connectivity index (χ0v) is 24.8. The average Bonchev–Trinajstić information content (AvgIpc) is 3.56. The SMILES string of the molecule is O=C1CC(Cc2ccccc2)(C(=O)Oc2c(F)c(F)c(F)c(F)c2F)C(c2c[nH]c3cc(Cl)ccc23)N1Cc1ccc(Cl)c(F)c1. The number of aromatic nitrogens is 1. The van der Waals surface area contributed by atoms with Crippen LogP contribution >= 0.6 is 23.2 Å². The first-order chi connectivity index (χ1) is 21.9. The molecule has 46 heavy (non-hydrogen) atoms. The Bertz CT molecular complexity index is 1990. The molecule has 0 radical (unpaired) electrons. The number of nitrogens with one attached hydrogen (secondary N) is 1. The fourth-order valence-electron chi connectivity index (χ4n) is 5.98. The molecule has 5 aromatic rings. The van der Waals surface area contributed by atoms with Crippen LogP contribution in [-0.2, 0) is 22.6 Å². The van der Waals surface area contributed by atoms with Crippen LogP contribution in [-0.4, -0.2) is 21.8 Å². The first-order valence-electron chi connectivity index (χ1n) is 13.7. The van der Waals surface area contributed by atoms with Gasteiger partial charge in [0.2, 0.25) is 40.7 Å². The van der Waals surface area contributed by atoms with Crippen LogP contribution < -0.4 is 4.74 Å². The Morgan fingerprint density at radius 3 is 2.22 bits per heavy atom. The summed E-state index contributed by atoms with van der Waals surface area (Å²) in [4.78, 5) is 32.6. The smallest absolute Gasteiger partial charge is 0.321 e. The topological polar surface area (TPSA) is 62.4 Å². The number of esters is 1. The van der Waals surface area contributed by atoms with Crippen LogP contribution in [0, 0.1) is 40.3 Å². The molecule has 1 N–H and O–H groups in total. The predicted octanol–water partition coefficient (Wildman–Crippen LogP) is 8.62. The number of carbonyl (C=O) groups is 2. The summed E-state index contributed by atoms with van der Waals surface area (Å²) in [6.07, 6.45) is 0.659. The Morgan fingerprint density at radius 2 is 1.54 bits per heavy atom. The molecule has 1 aliphatic heterocycles. The molecule has 1 fully saturated rings. The van der Waals surface area contributed by atoms with Crippen LogP contribution in [0.5, 0.6) is 5.75 Å². The lowest BCUT2D eigenvalue weighted by atomic mass is 9.72. The second-order valence-electron chi connectivity index (χ2n) is 10.9. The molecular formula is C33H20Cl2F6N2O3. The Morgan fingerprint density at radius 1 is 0.870 bits per heavy atom. The van der Waals surface area contributed by atoms with E-state index < -0.39 is 70.4 Å². The highest BCUT2D eigenvalue weighted by Crippen LogP contribution is 2.53. The van der Waals surface area contributed by atoms with E-state index in [-0.39, 0.29) is 18.0 Å². The van der Waals surface area contributed by atoms with Gasteiger partial charge in [0.15, 0.2) is 0 Å². The molecule has 0 saturated carbocycles. The molecule has 1 saturated heterocycles. The normalized spacial score (nSPS) is 18.0. The van der Waals surface area contributed by atoms with E-state index >= 15 is 0 Å². The van der Waals surface area contributed by atoms with Gasteiger partial charge >= 0.3 is 5.97 Å². The van der Waals surface area contributed by atoms with Crippen molar-refractivity contribution >= 4 is 46.0 Å². The minimum atomic E-state index is -2.43. The molecule has 2 atom stereocenters. The van der Waals surface area contributed by atoms with Crippen molar-refractivity contribution in [1.29, 1.82) is 0 Å². The summed E-state index contributed by atoms with van der Waals surface area (Å²) in [6, 6.07) is 15.7. The van der Waals surface area contributed by atoms with Crippen LogP contribution in [0.3, 0.4) is 0 Å². The molecule has 4 aromatic carbocycles. The number of aromatic amines is 1. The van der Waals surface area contributed by atoms with Crippen molar-refractivity contribution < 1.29 is 40.7 Å². The highest BCUT2D eigenvalue weighted by Gasteiger charge is 2.59. The van der Waals surface area contributed by atoms with Gasteiger partial charge in [0, 0.05) is 40.7 Å². The number of likely N-dealkylation sites (tertiary alicyclic amines) is 1. The average molecular weight is 677 g/mol. The summed E-state index contributed by atoms with van der Waals surface area (Å²) < 4.78 is 91.2. The molecule has 2 unspecified atom stereocenters. The lowest BCUT2D eigenvalue weighted by Crippen LogP contribution is -2.42. The van der Waals surface area contributed by atoms with Gasteiger partial charge in [-0.2, -0.15) is 8.78 Å². The summed E-state index contributed by atoms with van der Waals surface area (Å²) in [7, 11) is 0. The van der Waals surface area contributed by atoms with Crippen LogP contribution in [0.4, 0.5) is 26.3 Å². The van der Waals surface area contributed by atoms with Crippen molar-refractivity contribution in [2.24, 2.45) is 5.41 Å². The minimum Gasteiger partial charge on any atom is -0.419 e. The standard InChI is InChI=1S/C33H20Cl2F6N2O3/c34-18-7-8-19-20(14-42-23(19)11-18)31-33(12-16-4-2-1-3-5-16,13-24(44)43(31)15-17-6-9-21(35)22(36)10-17)32(45)46-30-28(40)26(38)25(37)27(39)29(30)41/h1-11,14,31,42H,12-13,15H2. The largest absolute Gasteiger partial charge is 0.419 e. The molecule has 5 nitrogen and oxygen atoms in total. The van der Waals surface area contributed by atoms with Crippen molar-refractivity contribution in [3.63, 3.8) is 0 Å². The maximum Gasteiger partial charge on any atom is 0.321 e. The van der Waals surface area contributed by atoms with Gasteiger partial charge in [-0.3, -0.25) is 9.59 Å². The number of benzene rings is 4.